The highest BCUT2D eigenvalue weighted by Crippen LogP contribution is 2.17. The van der Waals surface area contributed by atoms with E-state index in [0.29, 0.717) is 6.42 Å². The summed E-state index contributed by atoms with van der Waals surface area (Å²) in [5, 5.41) is 11.4. The Hall–Kier alpha value is -1.52. The quantitative estimate of drug-likeness (QED) is 0.903. The maximum absolute atomic E-state index is 13.6. The minimum atomic E-state index is -3.02. The van der Waals surface area contributed by atoms with E-state index in [9.17, 15) is 17.2 Å². The summed E-state index contributed by atoms with van der Waals surface area (Å²) >= 11 is 0. The van der Waals surface area contributed by atoms with Crippen molar-refractivity contribution in [2.45, 2.75) is 19.0 Å². The second kappa shape index (κ2) is 5.23. The largest absolute Gasteiger partial charge is 0.309 e. The van der Waals surface area contributed by atoms with Crippen LogP contribution in [0.25, 0.3) is 0 Å². The van der Waals surface area contributed by atoms with Gasteiger partial charge >= 0.3 is 0 Å². The molecule has 1 atom stereocenters. The van der Waals surface area contributed by atoms with Crippen LogP contribution in [0.2, 0.25) is 0 Å². The summed E-state index contributed by atoms with van der Waals surface area (Å²) in [6.07, 6.45) is 0.446. The molecule has 0 amide bonds. The van der Waals surface area contributed by atoms with Gasteiger partial charge in [-0.2, -0.15) is 5.26 Å². The molecule has 102 valence electrons. The Morgan fingerprint density at radius 1 is 1.37 bits per heavy atom. The molecule has 0 radical (unpaired) electrons. The van der Waals surface area contributed by atoms with Gasteiger partial charge in [-0.25, -0.2) is 17.2 Å². The van der Waals surface area contributed by atoms with E-state index in [4.69, 9.17) is 5.26 Å². The van der Waals surface area contributed by atoms with Crippen LogP contribution in [0.5, 0.6) is 0 Å². The van der Waals surface area contributed by atoms with Crippen LogP contribution in [-0.4, -0.2) is 26.0 Å². The lowest BCUT2D eigenvalue weighted by Crippen LogP contribution is -2.30. The highest BCUT2D eigenvalue weighted by atomic mass is 32.2. The Balaban J connectivity index is 2.07. The summed E-state index contributed by atoms with van der Waals surface area (Å²) < 4.78 is 49.6. The monoisotopic (exact) mass is 286 g/mol. The summed E-state index contributed by atoms with van der Waals surface area (Å²) in [5.41, 5.74) is -0.259. The maximum atomic E-state index is 13.6. The fourth-order valence-corrected chi connectivity index (χ4v) is 3.75. The zero-order valence-corrected chi connectivity index (χ0v) is 10.8. The normalized spacial score (nSPS) is 21.2. The van der Waals surface area contributed by atoms with Crippen LogP contribution in [0.15, 0.2) is 12.1 Å². The Morgan fingerprint density at radius 3 is 2.47 bits per heavy atom. The standard InChI is InChI=1S/C12H12F2N2O2S/c13-11-3-8(5-15)4-12(14)10(11)6-16-9-1-2-19(17,18)7-9/h3-4,9,16H,1-2,6-7H2. The van der Waals surface area contributed by atoms with Gasteiger partial charge in [-0.1, -0.05) is 0 Å². The van der Waals surface area contributed by atoms with Crippen LogP contribution in [0.3, 0.4) is 0 Å². The van der Waals surface area contributed by atoms with Gasteiger partial charge in [0.25, 0.3) is 0 Å². The molecule has 7 heteroatoms. The lowest BCUT2D eigenvalue weighted by Gasteiger charge is -2.12. The number of halogens is 2. The van der Waals surface area contributed by atoms with E-state index in [0.717, 1.165) is 12.1 Å². The molecule has 1 fully saturated rings. The third kappa shape index (κ3) is 3.28. The van der Waals surface area contributed by atoms with Gasteiger partial charge in [-0.3, -0.25) is 0 Å². The second-order valence-corrected chi connectivity index (χ2v) is 6.74. The Labute approximate surface area is 110 Å². The second-order valence-electron chi connectivity index (χ2n) is 4.51. The van der Waals surface area contributed by atoms with Gasteiger partial charge in [0.05, 0.1) is 23.1 Å². The first-order valence-corrected chi connectivity index (χ1v) is 7.55. The Bertz CT molecular complexity index is 615. The van der Waals surface area contributed by atoms with Crippen molar-refractivity contribution in [1.29, 1.82) is 5.26 Å². The summed E-state index contributed by atoms with van der Waals surface area (Å²) in [4.78, 5) is 0. The van der Waals surface area contributed by atoms with Crippen LogP contribution >= 0.6 is 0 Å². The highest BCUT2D eigenvalue weighted by Gasteiger charge is 2.27. The summed E-state index contributed by atoms with van der Waals surface area (Å²) in [5.74, 6) is -1.51. The van der Waals surface area contributed by atoms with Crippen molar-refractivity contribution < 1.29 is 17.2 Å². The first-order chi connectivity index (χ1) is 8.91. The summed E-state index contributed by atoms with van der Waals surface area (Å²) in [6.45, 7) is -0.0937. The topological polar surface area (TPSA) is 70.0 Å². The van der Waals surface area contributed by atoms with Gasteiger partial charge < -0.3 is 5.32 Å². The molecule has 0 bridgehead atoms. The van der Waals surface area contributed by atoms with E-state index < -0.39 is 21.5 Å². The highest BCUT2D eigenvalue weighted by molar-refractivity contribution is 7.91. The number of hydrogen-bond donors (Lipinski definition) is 1. The molecular weight excluding hydrogens is 274 g/mol. The molecule has 1 aliphatic heterocycles. The van der Waals surface area contributed by atoms with E-state index in [-0.39, 0.29) is 35.2 Å². The molecule has 0 aliphatic carbocycles. The van der Waals surface area contributed by atoms with Crippen molar-refractivity contribution in [3.05, 3.63) is 34.9 Å². The van der Waals surface area contributed by atoms with E-state index >= 15 is 0 Å². The van der Waals surface area contributed by atoms with Crippen molar-refractivity contribution in [3.8, 4) is 6.07 Å². The van der Waals surface area contributed by atoms with Crippen molar-refractivity contribution >= 4 is 9.84 Å². The van der Waals surface area contributed by atoms with E-state index in [1.165, 1.54) is 0 Å². The summed E-state index contributed by atoms with van der Waals surface area (Å²) in [6, 6.07) is 3.31. The number of rotatable bonds is 3. The zero-order chi connectivity index (χ0) is 14.0. The van der Waals surface area contributed by atoms with E-state index in [1.54, 1.807) is 6.07 Å². The van der Waals surface area contributed by atoms with Crippen LogP contribution in [0, 0.1) is 23.0 Å². The number of nitrogens with one attached hydrogen (secondary N) is 1. The molecule has 0 spiro atoms. The maximum Gasteiger partial charge on any atom is 0.151 e. The van der Waals surface area contributed by atoms with Crippen molar-refractivity contribution in [3.63, 3.8) is 0 Å². The van der Waals surface area contributed by atoms with Gasteiger partial charge in [0, 0.05) is 18.2 Å². The van der Waals surface area contributed by atoms with Gasteiger partial charge in [0.1, 0.15) is 11.6 Å². The van der Waals surface area contributed by atoms with Crippen LogP contribution < -0.4 is 5.32 Å². The number of hydrogen-bond acceptors (Lipinski definition) is 4. The molecule has 2 rings (SSSR count). The lowest BCUT2D eigenvalue weighted by atomic mass is 10.1. The number of sulfone groups is 1. The zero-order valence-electron chi connectivity index (χ0n) is 9.99. The van der Waals surface area contributed by atoms with Gasteiger partial charge in [-0.15, -0.1) is 0 Å². The minimum absolute atomic E-state index is 0.00742. The van der Waals surface area contributed by atoms with Crippen molar-refractivity contribution in [1.82, 2.24) is 5.32 Å². The molecule has 1 saturated heterocycles. The average Bonchev–Trinajstić information content (AvgIpc) is 2.67. The predicted molar refractivity (Wildman–Crippen MR) is 65.0 cm³/mol. The molecule has 1 aromatic rings. The van der Waals surface area contributed by atoms with Crippen molar-refractivity contribution in [2.75, 3.05) is 11.5 Å². The van der Waals surface area contributed by atoms with Crippen LogP contribution in [-0.2, 0) is 16.4 Å². The van der Waals surface area contributed by atoms with Gasteiger partial charge in [0.2, 0.25) is 0 Å². The molecule has 1 N–H and O–H groups in total. The minimum Gasteiger partial charge on any atom is -0.309 e. The Kier molecular flexibility index (Phi) is 3.83. The van der Waals surface area contributed by atoms with Crippen LogP contribution in [0.1, 0.15) is 17.5 Å². The SMILES string of the molecule is N#Cc1cc(F)c(CNC2CCS(=O)(=O)C2)c(F)c1. The fraction of sp³-hybridized carbons (Fsp3) is 0.417. The van der Waals surface area contributed by atoms with Gasteiger partial charge in [0.15, 0.2) is 9.84 Å². The predicted octanol–water partition coefficient (Wildman–Crippen LogP) is 1.11. The van der Waals surface area contributed by atoms with Crippen molar-refractivity contribution in [2.24, 2.45) is 0 Å². The molecule has 1 aliphatic rings. The first kappa shape index (κ1) is 13.9. The molecule has 0 saturated carbocycles. The lowest BCUT2D eigenvalue weighted by molar-refractivity contribution is 0.503. The molecule has 1 heterocycles. The fourth-order valence-electron chi connectivity index (χ4n) is 2.04. The van der Waals surface area contributed by atoms with Crippen LogP contribution in [0.4, 0.5) is 8.78 Å². The van der Waals surface area contributed by atoms with E-state index in [1.807, 2.05) is 0 Å². The summed E-state index contributed by atoms with van der Waals surface area (Å²) in [7, 11) is -3.02. The number of nitrogens with zero attached hydrogens (tertiary/aromatic N) is 1. The number of nitriles is 1. The average molecular weight is 286 g/mol. The Morgan fingerprint density at radius 2 is 2.00 bits per heavy atom. The first-order valence-electron chi connectivity index (χ1n) is 5.73. The number of benzene rings is 1. The van der Waals surface area contributed by atoms with Gasteiger partial charge in [-0.05, 0) is 18.6 Å². The molecule has 1 aromatic carbocycles. The smallest absolute Gasteiger partial charge is 0.151 e. The molecular formula is C12H12F2N2O2S. The third-order valence-corrected chi connectivity index (χ3v) is 4.84. The van der Waals surface area contributed by atoms with E-state index in [2.05, 4.69) is 5.32 Å². The third-order valence-electron chi connectivity index (χ3n) is 3.07. The molecule has 0 aromatic heterocycles. The molecule has 1 unspecified atom stereocenters. The molecule has 4 nitrogen and oxygen atoms in total. The molecule has 19 heavy (non-hydrogen) atoms.